The molecule has 7 nitrogen and oxygen atoms in total. The van der Waals surface area contributed by atoms with E-state index in [0.29, 0.717) is 32.5 Å². The third kappa shape index (κ3) is 5.75. The van der Waals surface area contributed by atoms with E-state index >= 15 is 0 Å². The van der Waals surface area contributed by atoms with Crippen molar-refractivity contribution in [3.63, 3.8) is 0 Å². The number of amides is 2. The van der Waals surface area contributed by atoms with Crippen LogP contribution in [0.15, 0.2) is 42.7 Å². The topological polar surface area (TPSA) is 76.5 Å². The van der Waals surface area contributed by atoms with Crippen molar-refractivity contribution in [2.75, 3.05) is 19.6 Å². The number of ether oxygens (including phenoxy) is 1. The SMILES string of the molecule is O=C(NCCCn1cccn1)C1CCCN(C(=O)c2ccccc2OC(F)F)C1. The Kier molecular flexibility index (Phi) is 7.15. The predicted molar refractivity (Wildman–Crippen MR) is 102 cm³/mol. The fourth-order valence-corrected chi connectivity index (χ4v) is 3.42. The smallest absolute Gasteiger partial charge is 0.387 e. The first kappa shape index (κ1) is 20.8. The average molecular weight is 406 g/mol. The van der Waals surface area contributed by atoms with Gasteiger partial charge in [0.25, 0.3) is 5.91 Å². The molecule has 1 aromatic carbocycles. The number of aryl methyl sites for hydroxylation is 1. The van der Waals surface area contributed by atoms with Crippen molar-refractivity contribution >= 4 is 11.8 Å². The quantitative estimate of drug-likeness (QED) is 0.684. The van der Waals surface area contributed by atoms with Crippen molar-refractivity contribution in [1.82, 2.24) is 20.0 Å². The lowest BCUT2D eigenvalue weighted by Gasteiger charge is -2.32. The molecule has 0 bridgehead atoms. The van der Waals surface area contributed by atoms with Crippen LogP contribution < -0.4 is 10.1 Å². The number of benzene rings is 1. The number of carbonyl (C=O) groups excluding carboxylic acids is 2. The standard InChI is InChI=1S/C20H24F2N4O3/c21-20(22)29-17-8-2-1-7-16(17)19(28)25-11-3-6-15(14-25)18(27)23-9-4-12-26-13-5-10-24-26/h1-2,5,7-8,10,13,15,20H,3-4,6,9,11-12,14H2,(H,23,27). The van der Waals surface area contributed by atoms with Crippen LogP contribution in [0.4, 0.5) is 8.78 Å². The summed E-state index contributed by atoms with van der Waals surface area (Å²) in [6.07, 6.45) is 5.68. The summed E-state index contributed by atoms with van der Waals surface area (Å²) in [5, 5.41) is 7.02. The first-order valence-corrected chi connectivity index (χ1v) is 9.63. The number of likely N-dealkylation sites (tertiary alicyclic amines) is 1. The Bertz CT molecular complexity index is 814. The maximum absolute atomic E-state index is 12.8. The van der Waals surface area contributed by atoms with Crippen LogP contribution in [0.2, 0.25) is 0 Å². The molecule has 0 radical (unpaired) electrons. The van der Waals surface area contributed by atoms with Crippen molar-refractivity contribution in [1.29, 1.82) is 0 Å². The van der Waals surface area contributed by atoms with Gasteiger partial charge in [-0.1, -0.05) is 12.1 Å². The largest absolute Gasteiger partial charge is 0.434 e. The molecule has 2 amide bonds. The highest BCUT2D eigenvalue weighted by atomic mass is 19.3. The second-order valence-electron chi connectivity index (χ2n) is 6.88. The van der Waals surface area contributed by atoms with E-state index in [-0.39, 0.29) is 29.7 Å². The first-order chi connectivity index (χ1) is 14.0. The zero-order valence-corrected chi connectivity index (χ0v) is 16.0. The molecule has 1 atom stereocenters. The van der Waals surface area contributed by atoms with Gasteiger partial charge in [-0.15, -0.1) is 0 Å². The maximum atomic E-state index is 12.8. The molecule has 29 heavy (non-hydrogen) atoms. The van der Waals surface area contributed by atoms with E-state index in [9.17, 15) is 18.4 Å². The molecule has 1 aliphatic heterocycles. The predicted octanol–water partition coefficient (Wildman–Crippen LogP) is 2.54. The molecule has 1 unspecified atom stereocenters. The summed E-state index contributed by atoms with van der Waals surface area (Å²) < 4.78 is 31.5. The van der Waals surface area contributed by atoms with Crippen LogP contribution in [0, 0.1) is 5.92 Å². The summed E-state index contributed by atoms with van der Waals surface area (Å²) in [7, 11) is 0. The lowest BCUT2D eigenvalue weighted by molar-refractivity contribution is -0.126. The lowest BCUT2D eigenvalue weighted by Crippen LogP contribution is -2.45. The van der Waals surface area contributed by atoms with Gasteiger partial charge in [-0.2, -0.15) is 13.9 Å². The highest BCUT2D eigenvalue weighted by molar-refractivity contribution is 5.97. The first-order valence-electron chi connectivity index (χ1n) is 9.63. The number of aromatic nitrogens is 2. The van der Waals surface area contributed by atoms with Crippen molar-refractivity contribution in [3.05, 3.63) is 48.3 Å². The van der Waals surface area contributed by atoms with Gasteiger partial charge in [0.1, 0.15) is 5.75 Å². The zero-order chi connectivity index (χ0) is 20.6. The Morgan fingerprint density at radius 1 is 1.28 bits per heavy atom. The number of rotatable bonds is 8. The number of halogens is 2. The van der Waals surface area contributed by atoms with Crippen LogP contribution >= 0.6 is 0 Å². The minimum Gasteiger partial charge on any atom is -0.434 e. The van der Waals surface area contributed by atoms with E-state index in [1.54, 1.807) is 16.9 Å². The van der Waals surface area contributed by atoms with E-state index in [4.69, 9.17) is 0 Å². The molecular weight excluding hydrogens is 382 g/mol. The van der Waals surface area contributed by atoms with Crippen LogP contribution in [0.1, 0.15) is 29.6 Å². The molecule has 1 aliphatic rings. The van der Waals surface area contributed by atoms with Crippen LogP contribution in [0.5, 0.6) is 5.75 Å². The minimum atomic E-state index is -3.01. The number of nitrogens with one attached hydrogen (secondary N) is 1. The van der Waals surface area contributed by atoms with Gasteiger partial charge in [0, 0.05) is 38.6 Å². The van der Waals surface area contributed by atoms with Gasteiger partial charge in [-0.3, -0.25) is 14.3 Å². The van der Waals surface area contributed by atoms with Crippen molar-refractivity contribution in [2.45, 2.75) is 32.4 Å². The average Bonchev–Trinajstić information content (AvgIpc) is 3.24. The fraction of sp³-hybridized carbons (Fsp3) is 0.450. The van der Waals surface area contributed by atoms with E-state index in [1.807, 2.05) is 12.3 Å². The molecule has 0 spiro atoms. The second kappa shape index (κ2) is 9.99. The lowest BCUT2D eigenvalue weighted by atomic mass is 9.96. The van der Waals surface area contributed by atoms with Crippen molar-refractivity contribution in [3.8, 4) is 5.75 Å². The Morgan fingerprint density at radius 2 is 2.10 bits per heavy atom. The molecule has 9 heteroatoms. The van der Waals surface area contributed by atoms with Crippen LogP contribution in [-0.2, 0) is 11.3 Å². The molecule has 2 aromatic rings. The summed E-state index contributed by atoms with van der Waals surface area (Å²) in [6.45, 7) is -1.04. The number of alkyl halides is 2. The number of nitrogens with zero attached hydrogens (tertiary/aromatic N) is 3. The highest BCUT2D eigenvalue weighted by Crippen LogP contribution is 2.25. The minimum absolute atomic E-state index is 0.0769. The highest BCUT2D eigenvalue weighted by Gasteiger charge is 2.30. The van der Waals surface area contributed by atoms with Crippen LogP contribution in [0.3, 0.4) is 0 Å². The molecule has 1 aromatic heterocycles. The van der Waals surface area contributed by atoms with Gasteiger partial charge in [0.2, 0.25) is 5.91 Å². The summed E-state index contributed by atoms with van der Waals surface area (Å²) in [6, 6.07) is 7.77. The monoisotopic (exact) mass is 406 g/mol. The summed E-state index contributed by atoms with van der Waals surface area (Å²) >= 11 is 0. The van der Waals surface area contributed by atoms with E-state index in [2.05, 4.69) is 15.2 Å². The number of carbonyl (C=O) groups is 2. The number of hydrogen-bond acceptors (Lipinski definition) is 4. The summed E-state index contributed by atoms with van der Waals surface area (Å²) in [5.74, 6) is -0.976. The van der Waals surface area contributed by atoms with E-state index in [1.165, 1.54) is 23.1 Å². The molecule has 1 fully saturated rings. The van der Waals surface area contributed by atoms with Gasteiger partial charge in [-0.05, 0) is 37.5 Å². The van der Waals surface area contributed by atoms with Gasteiger partial charge >= 0.3 is 6.61 Å². The number of para-hydroxylation sites is 1. The second-order valence-corrected chi connectivity index (χ2v) is 6.88. The van der Waals surface area contributed by atoms with E-state index < -0.39 is 12.5 Å². The molecule has 0 aliphatic carbocycles. The van der Waals surface area contributed by atoms with E-state index in [0.717, 1.165) is 6.42 Å². The van der Waals surface area contributed by atoms with Gasteiger partial charge in [0.15, 0.2) is 0 Å². The summed E-state index contributed by atoms with van der Waals surface area (Å²) in [5.41, 5.74) is 0.0769. The molecule has 3 rings (SSSR count). The molecule has 1 N–H and O–H groups in total. The fourth-order valence-electron chi connectivity index (χ4n) is 3.42. The Balaban J connectivity index is 1.53. The van der Waals surface area contributed by atoms with Gasteiger partial charge in [-0.25, -0.2) is 0 Å². The van der Waals surface area contributed by atoms with Crippen LogP contribution in [0.25, 0.3) is 0 Å². The number of piperidine rings is 1. The third-order valence-electron chi connectivity index (χ3n) is 4.84. The third-order valence-corrected chi connectivity index (χ3v) is 4.84. The molecular formula is C20H24F2N4O3. The molecule has 0 saturated carbocycles. The Morgan fingerprint density at radius 3 is 2.86 bits per heavy atom. The van der Waals surface area contributed by atoms with Crippen molar-refractivity contribution in [2.24, 2.45) is 5.92 Å². The zero-order valence-electron chi connectivity index (χ0n) is 16.0. The Labute approximate surface area is 167 Å². The maximum Gasteiger partial charge on any atom is 0.387 e. The van der Waals surface area contributed by atoms with Crippen molar-refractivity contribution < 1.29 is 23.1 Å². The molecule has 2 heterocycles. The van der Waals surface area contributed by atoms with Crippen LogP contribution in [-0.4, -0.2) is 52.7 Å². The molecule has 1 saturated heterocycles. The summed E-state index contributed by atoms with van der Waals surface area (Å²) in [4.78, 5) is 26.8. The molecule has 156 valence electrons. The number of hydrogen-bond donors (Lipinski definition) is 1. The normalized spacial score (nSPS) is 16.7. The Hall–Kier alpha value is -2.97. The van der Waals surface area contributed by atoms with Gasteiger partial charge < -0.3 is 15.0 Å². The van der Waals surface area contributed by atoms with Gasteiger partial charge in [0.05, 0.1) is 11.5 Å².